The number of furan rings is 1. The van der Waals surface area contributed by atoms with Crippen molar-refractivity contribution in [2.24, 2.45) is 11.7 Å². The van der Waals surface area contributed by atoms with Crippen LogP contribution in [0.1, 0.15) is 31.1 Å². The minimum Gasteiger partial charge on any atom is -0.466 e. The molecule has 2 bridgehead atoms. The molecule has 1 saturated heterocycles. The van der Waals surface area contributed by atoms with Gasteiger partial charge in [-0.25, -0.2) is 0 Å². The van der Waals surface area contributed by atoms with E-state index in [0.29, 0.717) is 6.54 Å². The van der Waals surface area contributed by atoms with Gasteiger partial charge >= 0.3 is 0 Å². The highest BCUT2D eigenvalue weighted by molar-refractivity contribution is 9.10. The Kier molecular flexibility index (Phi) is 2.81. The Labute approximate surface area is 104 Å². The van der Waals surface area contributed by atoms with E-state index in [4.69, 9.17) is 10.2 Å². The lowest BCUT2D eigenvalue weighted by Gasteiger charge is -2.33. The molecule has 3 unspecified atom stereocenters. The van der Waals surface area contributed by atoms with Gasteiger partial charge in [0.05, 0.1) is 16.8 Å². The van der Waals surface area contributed by atoms with Gasteiger partial charge in [-0.2, -0.15) is 0 Å². The number of nitrogens with zero attached hydrogens (tertiary/aromatic N) is 1. The van der Waals surface area contributed by atoms with Crippen molar-refractivity contribution in [1.29, 1.82) is 0 Å². The predicted octanol–water partition coefficient (Wildman–Crippen LogP) is 2.53. The topological polar surface area (TPSA) is 42.4 Å². The molecule has 4 heteroatoms. The Balaban J connectivity index is 1.84. The zero-order valence-electron chi connectivity index (χ0n) is 9.23. The van der Waals surface area contributed by atoms with Crippen LogP contribution in [0.2, 0.25) is 0 Å². The van der Waals surface area contributed by atoms with Gasteiger partial charge in [0.25, 0.3) is 0 Å². The van der Waals surface area contributed by atoms with E-state index in [1.165, 1.54) is 25.8 Å². The zero-order chi connectivity index (χ0) is 11.1. The molecule has 2 fully saturated rings. The number of fused-ring (bicyclic) bond motifs is 2. The van der Waals surface area contributed by atoms with Crippen molar-refractivity contribution in [3.63, 3.8) is 0 Å². The maximum absolute atomic E-state index is 5.92. The second kappa shape index (κ2) is 4.17. The van der Waals surface area contributed by atoms with Gasteiger partial charge < -0.3 is 10.2 Å². The fourth-order valence-electron chi connectivity index (χ4n) is 3.28. The minimum atomic E-state index is 0.250. The van der Waals surface area contributed by atoms with Crippen LogP contribution in [0.3, 0.4) is 0 Å². The highest BCUT2D eigenvalue weighted by Crippen LogP contribution is 2.42. The zero-order valence-corrected chi connectivity index (χ0v) is 10.8. The Morgan fingerprint density at radius 1 is 1.56 bits per heavy atom. The van der Waals surface area contributed by atoms with Gasteiger partial charge in [-0.15, -0.1) is 0 Å². The molecule has 1 aliphatic carbocycles. The molecule has 2 heterocycles. The van der Waals surface area contributed by atoms with Crippen molar-refractivity contribution >= 4 is 15.9 Å². The fourth-order valence-corrected chi connectivity index (χ4v) is 3.75. The lowest BCUT2D eigenvalue weighted by Crippen LogP contribution is -2.39. The number of piperidine rings is 1. The van der Waals surface area contributed by atoms with E-state index in [1.807, 2.05) is 6.07 Å². The molecule has 0 spiro atoms. The maximum Gasteiger partial charge on any atom is 0.136 e. The largest absolute Gasteiger partial charge is 0.466 e. The summed E-state index contributed by atoms with van der Waals surface area (Å²) in [5, 5.41) is 0. The molecule has 16 heavy (non-hydrogen) atoms. The van der Waals surface area contributed by atoms with Crippen LogP contribution < -0.4 is 5.73 Å². The lowest BCUT2D eigenvalue weighted by atomic mass is 10.1. The van der Waals surface area contributed by atoms with Gasteiger partial charge in [0.2, 0.25) is 0 Å². The number of hydrogen-bond donors (Lipinski definition) is 1. The minimum absolute atomic E-state index is 0.250. The van der Waals surface area contributed by atoms with E-state index in [-0.39, 0.29) is 6.04 Å². The van der Waals surface area contributed by atoms with Gasteiger partial charge in [-0.3, -0.25) is 4.90 Å². The molecule has 3 nitrogen and oxygen atoms in total. The Morgan fingerprint density at radius 3 is 2.94 bits per heavy atom. The first-order chi connectivity index (χ1) is 7.79. The van der Waals surface area contributed by atoms with Crippen LogP contribution in [0.25, 0.3) is 0 Å². The average molecular weight is 285 g/mol. The van der Waals surface area contributed by atoms with Crippen LogP contribution >= 0.6 is 15.9 Å². The quantitative estimate of drug-likeness (QED) is 0.928. The molecule has 1 aromatic heterocycles. The summed E-state index contributed by atoms with van der Waals surface area (Å²) in [7, 11) is 0. The standard InChI is InChI=1S/C12H17BrN2O/c13-10-3-4-16-12(10)11(6-14)15-7-8-1-2-9(15)5-8/h3-4,8-9,11H,1-2,5-7,14H2. The molecule has 0 aromatic carbocycles. The number of likely N-dealkylation sites (tertiary alicyclic amines) is 1. The molecule has 2 N–H and O–H groups in total. The highest BCUT2D eigenvalue weighted by atomic mass is 79.9. The molecule has 0 amide bonds. The number of rotatable bonds is 3. The summed E-state index contributed by atoms with van der Waals surface area (Å²) in [6.45, 7) is 1.83. The second-order valence-corrected chi connectivity index (χ2v) is 5.77. The van der Waals surface area contributed by atoms with Crippen molar-refractivity contribution in [2.45, 2.75) is 31.3 Å². The normalized spacial score (nSPS) is 31.1. The summed E-state index contributed by atoms with van der Waals surface area (Å²) in [5.41, 5.74) is 5.92. The smallest absolute Gasteiger partial charge is 0.136 e. The molecule has 1 saturated carbocycles. The SMILES string of the molecule is NCC(c1occc1Br)N1CC2CCC1C2. The molecule has 2 aliphatic rings. The maximum atomic E-state index is 5.92. The third-order valence-electron chi connectivity index (χ3n) is 4.02. The number of halogens is 1. The van der Waals surface area contributed by atoms with Crippen molar-refractivity contribution in [3.05, 3.63) is 22.6 Å². The van der Waals surface area contributed by atoms with E-state index in [9.17, 15) is 0 Å². The van der Waals surface area contributed by atoms with Crippen molar-refractivity contribution in [2.75, 3.05) is 13.1 Å². The van der Waals surface area contributed by atoms with Gasteiger partial charge in [0.15, 0.2) is 0 Å². The van der Waals surface area contributed by atoms with E-state index in [1.54, 1.807) is 6.26 Å². The third-order valence-corrected chi connectivity index (χ3v) is 4.68. The van der Waals surface area contributed by atoms with E-state index < -0.39 is 0 Å². The van der Waals surface area contributed by atoms with Crippen molar-refractivity contribution in [3.8, 4) is 0 Å². The summed E-state index contributed by atoms with van der Waals surface area (Å²) in [6, 6.07) is 2.93. The van der Waals surface area contributed by atoms with E-state index in [2.05, 4.69) is 20.8 Å². The molecular formula is C12H17BrN2O. The van der Waals surface area contributed by atoms with Gasteiger partial charge in [0.1, 0.15) is 5.76 Å². The molecule has 1 aliphatic heterocycles. The fraction of sp³-hybridized carbons (Fsp3) is 0.667. The first kappa shape index (κ1) is 10.8. The summed E-state index contributed by atoms with van der Waals surface area (Å²) < 4.78 is 6.62. The lowest BCUT2D eigenvalue weighted by molar-refractivity contribution is 0.136. The Hall–Kier alpha value is -0.320. The van der Waals surface area contributed by atoms with Crippen LogP contribution in [0.15, 0.2) is 21.2 Å². The van der Waals surface area contributed by atoms with Crippen molar-refractivity contribution in [1.82, 2.24) is 4.90 Å². The Morgan fingerprint density at radius 2 is 2.44 bits per heavy atom. The van der Waals surface area contributed by atoms with Crippen LogP contribution in [0.4, 0.5) is 0 Å². The molecule has 1 aromatic rings. The predicted molar refractivity (Wildman–Crippen MR) is 66.0 cm³/mol. The van der Waals surface area contributed by atoms with Gasteiger partial charge in [0, 0.05) is 19.1 Å². The van der Waals surface area contributed by atoms with Crippen LogP contribution in [-0.4, -0.2) is 24.0 Å². The first-order valence-electron chi connectivity index (χ1n) is 5.98. The molecular weight excluding hydrogens is 268 g/mol. The van der Waals surface area contributed by atoms with Crippen LogP contribution in [0.5, 0.6) is 0 Å². The van der Waals surface area contributed by atoms with Gasteiger partial charge in [-0.1, -0.05) is 0 Å². The average Bonchev–Trinajstić information content (AvgIpc) is 2.97. The van der Waals surface area contributed by atoms with Gasteiger partial charge in [-0.05, 0) is 47.2 Å². The van der Waals surface area contributed by atoms with E-state index in [0.717, 1.165) is 22.2 Å². The second-order valence-electron chi connectivity index (χ2n) is 4.91. The number of nitrogens with two attached hydrogens (primary N) is 1. The summed E-state index contributed by atoms with van der Waals surface area (Å²) >= 11 is 3.53. The summed E-state index contributed by atoms with van der Waals surface area (Å²) in [6.07, 6.45) is 5.82. The Bertz CT molecular complexity index is 379. The highest BCUT2D eigenvalue weighted by Gasteiger charge is 2.42. The van der Waals surface area contributed by atoms with Crippen LogP contribution in [-0.2, 0) is 0 Å². The first-order valence-corrected chi connectivity index (χ1v) is 6.77. The van der Waals surface area contributed by atoms with Crippen LogP contribution in [0, 0.1) is 5.92 Å². The van der Waals surface area contributed by atoms with Crippen molar-refractivity contribution < 1.29 is 4.42 Å². The molecule has 0 radical (unpaired) electrons. The summed E-state index contributed by atoms with van der Waals surface area (Å²) in [4.78, 5) is 2.54. The monoisotopic (exact) mass is 284 g/mol. The molecule has 88 valence electrons. The molecule has 3 rings (SSSR count). The summed E-state index contributed by atoms with van der Waals surface area (Å²) in [5.74, 6) is 1.89. The third kappa shape index (κ3) is 1.63. The molecule has 3 atom stereocenters. The number of hydrogen-bond acceptors (Lipinski definition) is 3. The van der Waals surface area contributed by atoms with E-state index >= 15 is 0 Å².